The van der Waals surface area contributed by atoms with Gasteiger partial charge in [-0.3, -0.25) is 4.79 Å². The van der Waals surface area contributed by atoms with Gasteiger partial charge < -0.3 is 15.4 Å². The molecule has 0 spiro atoms. The van der Waals surface area contributed by atoms with Gasteiger partial charge in [0.05, 0.1) is 0 Å². The fraction of sp³-hybridized carbons (Fsp3) is 0.125. The second-order valence-corrected chi connectivity index (χ2v) is 3.44. The fourth-order valence-electron chi connectivity index (χ4n) is 1.35. The summed E-state index contributed by atoms with van der Waals surface area (Å²) in [6.07, 6.45) is -0.425. The van der Waals surface area contributed by atoms with Crippen molar-refractivity contribution in [1.82, 2.24) is 27.2 Å². The van der Waals surface area contributed by atoms with E-state index in [1.54, 1.807) is 0 Å². The number of carbonyl (C=O) groups excluding carboxylic acids is 1. The SMILES string of the molecule is O=C(NC1NNNN1)c1ccc(B(O)O)cc1. The second kappa shape index (κ2) is 5.23. The van der Waals surface area contributed by atoms with E-state index in [1.165, 1.54) is 24.3 Å². The molecule has 1 saturated heterocycles. The maximum atomic E-state index is 11.7. The van der Waals surface area contributed by atoms with Crippen LogP contribution in [0.1, 0.15) is 10.4 Å². The minimum Gasteiger partial charge on any atom is -0.423 e. The lowest BCUT2D eigenvalue weighted by atomic mass is 9.80. The fourth-order valence-corrected chi connectivity index (χ4v) is 1.35. The van der Waals surface area contributed by atoms with Crippen LogP contribution in [0.4, 0.5) is 0 Å². The topological polar surface area (TPSA) is 118 Å². The summed E-state index contributed by atoms with van der Waals surface area (Å²) in [4.78, 5) is 11.7. The summed E-state index contributed by atoms with van der Waals surface area (Å²) in [5.74, 6) is -0.292. The molecule has 1 aromatic carbocycles. The maximum Gasteiger partial charge on any atom is 0.488 e. The summed E-state index contributed by atoms with van der Waals surface area (Å²) in [6.45, 7) is 0. The largest absolute Gasteiger partial charge is 0.488 e. The zero-order chi connectivity index (χ0) is 12.3. The van der Waals surface area contributed by atoms with Crippen LogP contribution in [0.2, 0.25) is 0 Å². The van der Waals surface area contributed by atoms with E-state index in [4.69, 9.17) is 10.0 Å². The quantitative estimate of drug-likeness (QED) is 0.272. The van der Waals surface area contributed by atoms with Gasteiger partial charge in [0.25, 0.3) is 5.91 Å². The van der Waals surface area contributed by atoms with E-state index in [0.29, 0.717) is 11.0 Å². The number of hydrazine groups is 3. The summed E-state index contributed by atoms with van der Waals surface area (Å²) in [7, 11) is -1.53. The van der Waals surface area contributed by atoms with Crippen LogP contribution in [-0.4, -0.2) is 29.4 Å². The van der Waals surface area contributed by atoms with Crippen molar-refractivity contribution in [1.29, 1.82) is 0 Å². The van der Waals surface area contributed by atoms with Crippen molar-refractivity contribution in [3.8, 4) is 0 Å². The average Bonchev–Trinajstić information content (AvgIpc) is 2.82. The Morgan fingerprint density at radius 1 is 1.18 bits per heavy atom. The molecule has 0 radical (unpaired) electrons. The molecule has 0 aromatic heterocycles. The second-order valence-electron chi connectivity index (χ2n) is 3.44. The molecule has 1 aliphatic rings. The Morgan fingerprint density at radius 2 is 1.76 bits per heavy atom. The van der Waals surface area contributed by atoms with Crippen molar-refractivity contribution in [2.75, 3.05) is 0 Å². The molecular weight excluding hydrogens is 225 g/mol. The Hall–Kier alpha value is -1.49. The van der Waals surface area contributed by atoms with Gasteiger partial charge in [0.2, 0.25) is 0 Å². The van der Waals surface area contributed by atoms with Gasteiger partial charge >= 0.3 is 7.12 Å². The Bertz CT molecular complexity index is 393. The van der Waals surface area contributed by atoms with Crippen molar-refractivity contribution in [2.24, 2.45) is 0 Å². The summed E-state index contributed by atoms with van der Waals surface area (Å²) >= 11 is 0. The van der Waals surface area contributed by atoms with Gasteiger partial charge in [-0.25, -0.2) is 10.9 Å². The van der Waals surface area contributed by atoms with Gasteiger partial charge in [0, 0.05) is 5.56 Å². The van der Waals surface area contributed by atoms with E-state index in [-0.39, 0.29) is 5.91 Å². The van der Waals surface area contributed by atoms with Crippen LogP contribution in [0.15, 0.2) is 24.3 Å². The Kier molecular flexibility index (Phi) is 3.69. The first-order chi connectivity index (χ1) is 8.16. The molecule has 1 aliphatic heterocycles. The standard InChI is InChI=1S/C8H12BN5O3/c15-7(10-8-11-13-14-12-8)5-1-3-6(4-2-5)9(16)17/h1-4,8,11-14,16-17H,(H,10,15). The van der Waals surface area contributed by atoms with E-state index in [9.17, 15) is 4.79 Å². The average molecular weight is 237 g/mol. The molecule has 0 saturated carbocycles. The summed E-state index contributed by atoms with van der Waals surface area (Å²) in [5.41, 5.74) is 11.3. The molecule has 1 fully saturated rings. The van der Waals surface area contributed by atoms with E-state index >= 15 is 0 Å². The smallest absolute Gasteiger partial charge is 0.423 e. The van der Waals surface area contributed by atoms with Crippen LogP contribution < -0.4 is 32.7 Å². The number of amides is 1. The Morgan fingerprint density at radius 3 is 2.29 bits per heavy atom. The molecular formula is C8H12BN5O3. The van der Waals surface area contributed by atoms with Crippen molar-refractivity contribution in [3.63, 3.8) is 0 Å². The zero-order valence-corrected chi connectivity index (χ0v) is 8.77. The number of carbonyl (C=O) groups is 1. The molecule has 0 aliphatic carbocycles. The van der Waals surface area contributed by atoms with Gasteiger partial charge in [-0.05, 0) is 17.6 Å². The van der Waals surface area contributed by atoms with E-state index in [2.05, 4.69) is 27.2 Å². The first-order valence-corrected chi connectivity index (χ1v) is 4.95. The number of benzene rings is 1. The lowest BCUT2D eigenvalue weighted by molar-refractivity contribution is 0.0927. The predicted molar refractivity (Wildman–Crippen MR) is 60.1 cm³/mol. The molecule has 7 N–H and O–H groups in total. The van der Waals surface area contributed by atoms with Gasteiger partial charge in [-0.15, -0.1) is 0 Å². The molecule has 1 aromatic rings. The minimum absolute atomic E-state index is 0.292. The van der Waals surface area contributed by atoms with Crippen LogP contribution >= 0.6 is 0 Å². The first kappa shape index (κ1) is 12.0. The molecule has 9 heteroatoms. The molecule has 0 atom stereocenters. The van der Waals surface area contributed by atoms with Gasteiger partial charge in [0.15, 0.2) is 6.29 Å². The maximum absolute atomic E-state index is 11.7. The van der Waals surface area contributed by atoms with Crippen molar-refractivity contribution in [3.05, 3.63) is 29.8 Å². The minimum atomic E-state index is -1.53. The van der Waals surface area contributed by atoms with Crippen molar-refractivity contribution < 1.29 is 14.8 Å². The summed E-state index contributed by atoms with van der Waals surface area (Å²) in [6, 6.07) is 5.98. The van der Waals surface area contributed by atoms with E-state index in [1.807, 2.05) is 0 Å². The molecule has 1 amide bonds. The molecule has 1 heterocycles. The van der Waals surface area contributed by atoms with E-state index < -0.39 is 13.4 Å². The number of hydrogen-bond acceptors (Lipinski definition) is 7. The lowest BCUT2D eigenvalue weighted by Gasteiger charge is -2.11. The molecule has 8 nitrogen and oxygen atoms in total. The van der Waals surface area contributed by atoms with E-state index in [0.717, 1.165) is 0 Å². The third-order valence-electron chi connectivity index (χ3n) is 2.24. The van der Waals surface area contributed by atoms with Gasteiger partial charge in [0.1, 0.15) is 0 Å². The zero-order valence-electron chi connectivity index (χ0n) is 8.77. The normalized spacial score (nSPS) is 15.9. The highest BCUT2D eigenvalue weighted by Gasteiger charge is 2.16. The molecule has 0 bridgehead atoms. The third-order valence-corrected chi connectivity index (χ3v) is 2.24. The molecule has 17 heavy (non-hydrogen) atoms. The van der Waals surface area contributed by atoms with Crippen molar-refractivity contribution >= 4 is 18.5 Å². The van der Waals surface area contributed by atoms with Crippen LogP contribution in [0.5, 0.6) is 0 Å². The molecule has 0 unspecified atom stereocenters. The van der Waals surface area contributed by atoms with Gasteiger partial charge in [-0.1, -0.05) is 12.1 Å². The van der Waals surface area contributed by atoms with Crippen LogP contribution in [0.25, 0.3) is 0 Å². The molecule has 90 valence electrons. The first-order valence-electron chi connectivity index (χ1n) is 4.95. The monoisotopic (exact) mass is 237 g/mol. The highest BCUT2D eigenvalue weighted by atomic mass is 16.4. The van der Waals surface area contributed by atoms with Crippen LogP contribution in [0, 0.1) is 0 Å². The molecule has 2 rings (SSSR count). The number of nitrogens with one attached hydrogen (secondary N) is 5. The summed E-state index contributed by atoms with van der Waals surface area (Å²) in [5, 5.41) is 20.4. The highest BCUT2D eigenvalue weighted by Crippen LogP contribution is 1.97. The van der Waals surface area contributed by atoms with Gasteiger partial charge in [-0.2, -0.15) is 11.1 Å². The highest BCUT2D eigenvalue weighted by molar-refractivity contribution is 6.58. The Balaban J connectivity index is 1.98. The summed E-state index contributed by atoms with van der Waals surface area (Å²) < 4.78 is 0. The van der Waals surface area contributed by atoms with Crippen LogP contribution in [0.3, 0.4) is 0 Å². The predicted octanol–water partition coefficient (Wildman–Crippen LogP) is -3.50. The Labute approximate surface area is 97.5 Å². The number of hydrogen-bond donors (Lipinski definition) is 7. The van der Waals surface area contributed by atoms with Crippen molar-refractivity contribution in [2.45, 2.75) is 6.29 Å². The third kappa shape index (κ3) is 3.00. The van der Waals surface area contributed by atoms with Crippen LogP contribution in [-0.2, 0) is 0 Å². The lowest BCUT2D eigenvalue weighted by Crippen LogP contribution is -2.49. The number of rotatable bonds is 3.